The van der Waals surface area contributed by atoms with E-state index in [-0.39, 0.29) is 11.3 Å². The third-order valence-electron chi connectivity index (χ3n) is 3.85. The summed E-state index contributed by atoms with van der Waals surface area (Å²) in [6.07, 6.45) is 3.22. The van der Waals surface area contributed by atoms with Gasteiger partial charge in [0.1, 0.15) is 5.75 Å². The maximum absolute atomic E-state index is 12.3. The summed E-state index contributed by atoms with van der Waals surface area (Å²) < 4.78 is 5.42. The Balaban J connectivity index is 1.83. The second-order valence-corrected chi connectivity index (χ2v) is 6.46. The van der Waals surface area contributed by atoms with Gasteiger partial charge >= 0.3 is 5.97 Å². The number of methoxy groups -OCH3 is 1. The van der Waals surface area contributed by atoms with Gasteiger partial charge in [0, 0.05) is 16.0 Å². The lowest BCUT2D eigenvalue weighted by Crippen LogP contribution is -1.98. The summed E-state index contributed by atoms with van der Waals surface area (Å²) in [6.45, 7) is 0. The highest BCUT2D eigenvalue weighted by Crippen LogP contribution is 2.34. The van der Waals surface area contributed by atoms with E-state index in [9.17, 15) is 9.59 Å². The first-order chi connectivity index (χ1) is 12.6. The molecule has 0 atom stereocenters. The first-order valence-corrected chi connectivity index (χ1v) is 8.74. The Morgan fingerprint density at radius 3 is 2.38 bits per heavy atom. The smallest absolute Gasteiger partial charge is 0.335 e. The lowest BCUT2D eigenvalue weighted by Gasteiger charge is -2.07. The second-order valence-electron chi connectivity index (χ2n) is 5.52. The molecule has 2 aromatic carbocycles. The minimum absolute atomic E-state index is 0.154. The van der Waals surface area contributed by atoms with Crippen molar-refractivity contribution in [3.05, 3.63) is 82.7 Å². The Labute approximate surface area is 155 Å². The molecule has 4 nitrogen and oxygen atoms in total. The summed E-state index contributed by atoms with van der Waals surface area (Å²) in [5, 5.41) is 10.9. The molecule has 26 heavy (non-hydrogen) atoms. The number of carbonyl (C=O) groups is 2. The number of carboxylic acid groups (broad SMARTS) is 1. The monoisotopic (exact) mass is 364 g/mol. The van der Waals surface area contributed by atoms with Crippen molar-refractivity contribution in [1.29, 1.82) is 0 Å². The molecule has 0 spiro atoms. The van der Waals surface area contributed by atoms with Crippen LogP contribution in [0.3, 0.4) is 0 Å². The number of allylic oxidation sites excluding steroid dienone is 1. The Hall–Kier alpha value is -3.18. The largest absolute Gasteiger partial charge is 0.496 e. The van der Waals surface area contributed by atoms with Crippen molar-refractivity contribution in [2.45, 2.75) is 0 Å². The van der Waals surface area contributed by atoms with Crippen molar-refractivity contribution in [3.8, 4) is 16.2 Å². The molecule has 1 N–H and O–H groups in total. The van der Waals surface area contributed by atoms with Crippen LogP contribution in [0.25, 0.3) is 16.5 Å². The van der Waals surface area contributed by atoms with Gasteiger partial charge < -0.3 is 9.84 Å². The van der Waals surface area contributed by atoms with Gasteiger partial charge in [0.25, 0.3) is 0 Å². The molecule has 0 amide bonds. The summed E-state index contributed by atoms with van der Waals surface area (Å²) in [5.74, 6) is -0.422. The lowest BCUT2D eigenvalue weighted by molar-refractivity contribution is 0.0696. The fourth-order valence-corrected chi connectivity index (χ4v) is 3.25. The molecule has 0 radical (unpaired) electrons. The number of thiophene rings is 1. The van der Waals surface area contributed by atoms with Crippen LogP contribution in [0.1, 0.15) is 26.3 Å². The standard InChI is InChI=1S/C21H16O4S/c1-25-19-11-5-14(13-17(19)20-3-2-12-26-20)4-10-18(22)15-6-8-16(9-7-15)21(23)24/h2-13H,1H3,(H,23,24). The molecule has 0 saturated carbocycles. The van der Waals surface area contributed by atoms with Crippen molar-refractivity contribution < 1.29 is 19.4 Å². The van der Waals surface area contributed by atoms with Crippen LogP contribution in [0.5, 0.6) is 5.75 Å². The van der Waals surface area contributed by atoms with Crippen LogP contribution < -0.4 is 4.74 Å². The average molecular weight is 364 g/mol. The van der Waals surface area contributed by atoms with E-state index in [2.05, 4.69) is 0 Å². The van der Waals surface area contributed by atoms with E-state index in [1.807, 2.05) is 35.7 Å². The predicted molar refractivity (Wildman–Crippen MR) is 103 cm³/mol. The van der Waals surface area contributed by atoms with E-state index in [0.29, 0.717) is 5.56 Å². The number of hydrogen-bond acceptors (Lipinski definition) is 4. The fourth-order valence-electron chi connectivity index (χ4n) is 2.50. The van der Waals surface area contributed by atoms with Crippen LogP contribution >= 0.6 is 11.3 Å². The highest BCUT2D eigenvalue weighted by molar-refractivity contribution is 7.13. The molecule has 0 aliphatic heterocycles. The number of benzene rings is 2. The molecule has 5 heteroatoms. The number of ether oxygens (including phenoxy) is 1. The Bertz CT molecular complexity index is 954. The van der Waals surface area contributed by atoms with Crippen LogP contribution in [0.2, 0.25) is 0 Å². The number of carbonyl (C=O) groups excluding carboxylic acids is 1. The Morgan fingerprint density at radius 2 is 1.77 bits per heavy atom. The van der Waals surface area contributed by atoms with Crippen LogP contribution in [0.15, 0.2) is 66.1 Å². The highest BCUT2D eigenvalue weighted by atomic mass is 32.1. The lowest BCUT2D eigenvalue weighted by atomic mass is 10.0. The molecule has 0 fully saturated rings. The van der Waals surface area contributed by atoms with Crippen molar-refractivity contribution in [3.63, 3.8) is 0 Å². The van der Waals surface area contributed by atoms with Gasteiger partial charge in [-0.15, -0.1) is 11.3 Å². The van der Waals surface area contributed by atoms with Crippen molar-refractivity contribution in [2.75, 3.05) is 7.11 Å². The van der Waals surface area contributed by atoms with Crippen LogP contribution in [-0.4, -0.2) is 24.0 Å². The maximum atomic E-state index is 12.3. The van der Waals surface area contributed by atoms with Crippen molar-refractivity contribution in [1.82, 2.24) is 0 Å². The van der Waals surface area contributed by atoms with Crippen LogP contribution in [-0.2, 0) is 0 Å². The number of carboxylic acids is 1. The molecule has 3 aromatic rings. The van der Waals surface area contributed by atoms with E-state index in [1.54, 1.807) is 24.5 Å². The normalized spacial score (nSPS) is 10.8. The molecule has 0 unspecified atom stereocenters. The van der Waals surface area contributed by atoms with Gasteiger partial charge in [-0.1, -0.05) is 30.3 Å². The molecule has 1 aromatic heterocycles. The van der Waals surface area contributed by atoms with E-state index < -0.39 is 5.97 Å². The number of aromatic carboxylic acids is 1. The van der Waals surface area contributed by atoms with Crippen molar-refractivity contribution in [2.24, 2.45) is 0 Å². The van der Waals surface area contributed by atoms with Crippen LogP contribution in [0.4, 0.5) is 0 Å². The summed E-state index contributed by atoms with van der Waals surface area (Å²) in [4.78, 5) is 24.2. The zero-order valence-electron chi connectivity index (χ0n) is 14.0. The SMILES string of the molecule is COc1ccc(C=CC(=O)c2ccc(C(=O)O)cc2)cc1-c1cccs1. The van der Waals surface area contributed by atoms with Gasteiger partial charge in [-0.25, -0.2) is 4.79 Å². The summed E-state index contributed by atoms with van der Waals surface area (Å²) in [5.41, 5.74) is 2.45. The Kier molecular flexibility index (Phi) is 5.29. The van der Waals surface area contributed by atoms with Gasteiger partial charge in [-0.05, 0) is 47.4 Å². The first kappa shape index (κ1) is 17.6. The van der Waals surface area contributed by atoms with Crippen molar-refractivity contribution >= 4 is 29.2 Å². The zero-order valence-corrected chi connectivity index (χ0v) is 14.8. The highest BCUT2D eigenvalue weighted by Gasteiger charge is 2.08. The topological polar surface area (TPSA) is 63.6 Å². The minimum atomic E-state index is -1.01. The van der Waals surface area contributed by atoms with Gasteiger partial charge in [-0.2, -0.15) is 0 Å². The summed E-state index contributed by atoms with van der Waals surface area (Å²) in [7, 11) is 1.63. The molecule has 0 bridgehead atoms. The van der Waals surface area contributed by atoms with Gasteiger partial charge in [0.2, 0.25) is 0 Å². The molecular weight excluding hydrogens is 348 g/mol. The first-order valence-electron chi connectivity index (χ1n) is 7.86. The third-order valence-corrected chi connectivity index (χ3v) is 4.76. The quantitative estimate of drug-likeness (QED) is 0.493. The van der Waals surface area contributed by atoms with E-state index in [4.69, 9.17) is 9.84 Å². The van der Waals surface area contributed by atoms with Gasteiger partial charge in [0.15, 0.2) is 5.78 Å². The number of ketones is 1. The molecule has 0 saturated heterocycles. The molecule has 130 valence electrons. The van der Waals surface area contributed by atoms with Gasteiger partial charge in [0.05, 0.1) is 12.7 Å². The second kappa shape index (κ2) is 7.80. The molecule has 1 heterocycles. The number of rotatable bonds is 6. The molecular formula is C21H16O4S. The minimum Gasteiger partial charge on any atom is -0.496 e. The van der Waals surface area contributed by atoms with E-state index in [0.717, 1.165) is 21.8 Å². The molecule has 3 rings (SSSR count). The number of hydrogen-bond donors (Lipinski definition) is 1. The van der Waals surface area contributed by atoms with Crippen LogP contribution in [0, 0.1) is 0 Å². The molecule has 0 aliphatic carbocycles. The zero-order chi connectivity index (χ0) is 18.5. The Morgan fingerprint density at radius 1 is 1.04 bits per heavy atom. The predicted octanol–water partition coefficient (Wildman–Crippen LogP) is 5.02. The molecule has 0 aliphatic rings. The summed E-state index contributed by atoms with van der Waals surface area (Å²) in [6, 6.07) is 15.6. The van der Waals surface area contributed by atoms with E-state index in [1.165, 1.54) is 30.3 Å². The maximum Gasteiger partial charge on any atom is 0.335 e. The van der Waals surface area contributed by atoms with Gasteiger partial charge in [-0.3, -0.25) is 4.79 Å². The van der Waals surface area contributed by atoms with E-state index >= 15 is 0 Å². The third kappa shape index (κ3) is 3.90. The fraction of sp³-hybridized carbons (Fsp3) is 0.0476. The summed E-state index contributed by atoms with van der Waals surface area (Å²) >= 11 is 1.62. The average Bonchev–Trinajstić information content (AvgIpc) is 3.20.